The average Bonchev–Trinajstić information content (AvgIpc) is 2.25. The molecule has 1 aromatic heterocycles. The minimum Gasteiger partial charge on any atom is -0.475 e. The highest BCUT2D eigenvalue weighted by molar-refractivity contribution is 5.35. The van der Waals surface area contributed by atoms with Crippen molar-refractivity contribution >= 4 is 5.82 Å². The predicted octanol–water partition coefficient (Wildman–Crippen LogP) is 0.782. The van der Waals surface area contributed by atoms with Gasteiger partial charge in [-0.1, -0.05) is 6.07 Å². The third-order valence-corrected chi connectivity index (χ3v) is 1.55. The lowest BCUT2D eigenvalue weighted by atomic mass is 10.4. The van der Waals surface area contributed by atoms with Gasteiger partial charge in [0.1, 0.15) is 12.4 Å². The second-order valence-electron chi connectivity index (χ2n) is 2.55. The first-order valence-electron chi connectivity index (χ1n) is 4.51. The monoisotopic (exact) mass is 197 g/mol. The normalized spacial score (nSPS) is 9.86. The molecule has 5 heteroatoms. The molecule has 0 saturated heterocycles. The lowest BCUT2D eigenvalue weighted by Gasteiger charge is -2.06. The van der Waals surface area contributed by atoms with Gasteiger partial charge in [-0.3, -0.25) is 0 Å². The van der Waals surface area contributed by atoms with E-state index in [1.807, 2.05) is 13.0 Å². The number of aromatic nitrogens is 1. The van der Waals surface area contributed by atoms with E-state index in [0.29, 0.717) is 31.5 Å². The van der Waals surface area contributed by atoms with Crippen LogP contribution in [0.4, 0.5) is 5.82 Å². The van der Waals surface area contributed by atoms with Crippen LogP contribution < -0.4 is 16.0 Å². The van der Waals surface area contributed by atoms with E-state index in [1.54, 1.807) is 12.1 Å². The summed E-state index contributed by atoms with van der Waals surface area (Å²) >= 11 is 0. The predicted molar refractivity (Wildman–Crippen MR) is 54.0 cm³/mol. The maximum atomic E-state index is 5.32. The average molecular weight is 197 g/mol. The number of anilines is 1. The Balaban J connectivity index is 2.34. The molecular weight excluding hydrogens is 182 g/mol. The molecule has 1 rings (SSSR count). The highest BCUT2D eigenvalue weighted by Crippen LogP contribution is 2.09. The van der Waals surface area contributed by atoms with E-state index in [4.69, 9.17) is 15.3 Å². The van der Waals surface area contributed by atoms with Crippen molar-refractivity contribution in [1.29, 1.82) is 0 Å². The molecule has 1 aromatic rings. The van der Waals surface area contributed by atoms with Crippen LogP contribution >= 0.6 is 0 Å². The number of ether oxygens (including phenoxy) is 2. The number of hydrogen-bond acceptors (Lipinski definition) is 5. The number of nitrogen functional groups attached to an aromatic ring is 1. The first-order chi connectivity index (χ1) is 6.86. The summed E-state index contributed by atoms with van der Waals surface area (Å²) in [5.74, 6) is 6.33. The summed E-state index contributed by atoms with van der Waals surface area (Å²) in [6.07, 6.45) is 0. The Morgan fingerprint density at radius 2 is 2.29 bits per heavy atom. The Morgan fingerprint density at radius 1 is 1.43 bits per heavy atom. The SMILES string of the molecule is CCOCCOc1cccc(NN)n1. The van der Waals surface area contributed by atoms with Crippen LogP contribution in [-0.4, -0.2) is 24.8 Å². The number of hydrazine groups is 1. The fourth-order valence-electron chi connectivity index (χ4n) is 0.925. The minimum absolute atomic E-state index is 0.495. The van der Waals surface area contributed by atoms with E-state index in [2.05, 4.69) is 10.4 Å². The summed E-state index contributed by atoms with van der Waals surface area (Å²) in [7, 11) is 0. The Morgan fingerprint density at radius 3 is 3.00 bits per heavy atom. The lowest BCUT2D eigenvalue weighted by molar-refractivity contribution is 0.108. The van der Waals surface area contributed by atoms with Crippen LogP contribution in [0, 0.1) is 0 Å². The molecule has 0 aliphatic carbocycles. The zero-order valence-corrected chi connectivity index (χ0v) is 8.19. The smallest absolute Gasteiger partial charge is 0.215 e. The van der Waals surface area contributed by atoms with Gasteiger partial charge in [-0.05, 0) is 13.0 Å². The van der Waals surface area contributed by atoms with Crippen molar-refractivity contribution < 1.29 is 9.47 Å². The number of pyridine rings is 1. The van der Waals surface area contributed by atoms with E-state index in [-0.39, 0.29) is 0 Å². The molecule has 0 fully saturated rings. The summed E-state index contributed by atoms with van der Waals surface area (Å²) in [5, 5.41) is 0. The van der Waals surface area contributed by atoms with Crippen LogP contribution in [-0.2, 0) is 4.74 Å². The van der Waals surface area contributed by atoms with Crippen LogP contribution in [0.2, 0.25) is 0 Å². The Labute approximate surface area is 83.2 Å². The van der Waals surface area contributed by atoms with Crippen molar-refractivity contribution in [3.63, 3.8) is 0 Å². The van der Waals surface area contributed by atoms with Crippen molar-refractivity contribution in [3.05, 3.63) is 18.2 Å². The van der Waals surface area contributed by atoms with Gasteiger partial charge in [0.15, 0.2) is 0 Å². The second-order valence-corrected chi connectivity index (χ2v) is 2.55. The van der Waals surface area contributed by atoms with Gasteiger partial charge in [-0.15, -0.1) is 0 Å². The van der Waals surface area contributed by atoms with E-state index in [1.165, 1.54) is 0 Å². The first-order valence-corrected chi connectivity index (χ1v) is 4.51. The molecule has 0 aliphatic rings. The van der Waals surface area contributed by atoms with Crippen LogP contribution in [0.5, 0.6) is 5.88 Å². The van der Waals surface area contributed by atoms with Gasteiger partial charge >= 0.3 is 0 Å². The summed E-state index contributed by atoms with van der Waals surface area (Å²) in [6.45, 7) is 3.70. The molecule has 0 aromatic carbocycles. The highest BCUT2D eigenvalue weighted by Gasteiger charge is 1.96. The van der Waals surface area contributed by atoms with Crippen LogP contribution in [0.15, 0.2) is 18.2 Å². The van der Waals surface area contributed by atoms with E-state index in [9.17, 15) is 0 Å². The highest BCUT2D eigenvalue weighted by atomic mass is 16.5. The first kappa shape index (κ1) is 10.7. The Bertz CT molecular complexity index is 268. The third-order valence-electron chi connectivity index (χ3n) is 1.55. The fraction of sp³-hybridized carbons (Fsp3) is 0.444. The van der Waals surface area contributed by atoms with Crippen LogP contribution in [0.3, 0.4) is 0 Å². The minimum atomic E-state index is 0.495. The molecular formula is C9H15N3O2. The molecule has 0 spiro atoms. The van der Waals surface area contributed by atoms with Gasteiger partial charge in [-0.25, -0.2) is 5.84 Å². The maximum absolute atomic E-state index is 5.32. The number of nitrogens with zero attached hydrogens (tertiary/aromatic N) is 1. The van der Waals surface area contributed by atoms with Crippen molar-refractivity contribution in [1.82, 2.24) is 4.98 Å². The molecule has 0 atom stereocenters. The fourth-order valence-corrected chi connectivity index (χ4v) is 0.925. The molecule has 0 bridgehead atoms. The van der Waals surface area contributed by atoms with Gasteiger partial charge in [0.25, 0.3) is 0 Å². The van der Waals surface area contributed by atoms with Gasteiger partial charge in [0.2, 0.25) is 5.88 Å². The van der Waals surface area contributed by atoms with E-state index < -0.39 is 0 Å². The summed E-state index contributed by atoms with van der Waals surface area (Å²) in [6, 6.07) is 5.35. The molecule has 14 heavy (non-hydrogen) atoms. The topological polar surface area (TPSA) is 69.4 Å². The number of nitrogens with two attached hydrogens (primary N) is 1. The molecule has 5 nitrogen and oxygen atoms in total. The van der Waals surface area contributed by atoms with Crippen molar-refractivity contribution in [3.8, 4) is 5.88 Å². The molecule has 0 unspecified atom stereocenters. The van der Waals surface area contributed by atoms with Gasteiger partial charge < -0.3 is 14.9 Å². The number of rotatable bonds is 6. The summed E-state index contributed by atoms with van der Waals surface area (Å²) < 4.78 is 10.4. The van der Waals surface area contributed by atoms with Gasteiger partial charge in [0, 0.05) is 12.7 Å². The lowest BCUT2D eigenvalue weighted by Crippen LogP contribution is -2.10. The van der Waals surface area contributed by atoms with Crippen LogP contribution in [0.1, 0.15) is 6.92 Å². The third kappa shape index (κ3) is 3.59. The van der Waals surface area contributed by atoms with Crippen LogP contribution in [0.25, 0.3) is 0 Å². The number of nitrogens with one attached hydrogen (secondary N) is 1. The molecule has 78 valence electrons. The Hall–Kier alpha value is -1.33. The standard InChI is InChI=1S/C9H15N3O2/c1-2-13-6-7-14-9-5-3-4-8(11-9)12-10/h3-5H,2,6-7,10H2,1H3,(H,11,12). The maximum Gasteiger partial charge on any atom is 0.215 e. The van der Waals surface area contributed by atoms with Crippen molar-refractivity contribution in [2.75, 3.05) is 25.2 Å². The zero-order valence-electron chi connectivity index (χ0n) is 8.19. The molecule has 0 radical (unpaired) electrons. The van der Waals surface area contributed by atoms with Gasteiger partial charge in [0.05, 0.1) is 6.61 Å². The quantitative estimate of drug-likeness (QED) is 0.400. The van der Waals surface area contributed by atoms with E-state index in [0.717, 1.165) is 0 Å². The van der Waals surface area contributed by atoms with Gasteiger partial charge in [-0.2, -0.15) is 4.98 Å². The van der Waals surface area contributed by atoms with Crippen molar-refractivity contribution in [2.45, 2.75) is 6.92 Å². The molecule has 3 N–H and O–H groups in total. The van der Waals surface area contributed by atoms with E-state index >= 15 is 0 Å². The summed E-state index contributed by atoms with van der Waals surface area (Å²) in [5.41, 5.74) is 2.45. The molecule has 0 amide bonds. The number of hydrogen-bond donors (Lipinski definition) is 2. The second kappa shape index (κ2) is 6.17. The molecule has 0 saturated carbocycles. The molecule has 0 aliphatic heterocycles. The molecule has 1 heterocycles. The van der Waals surface area contributed by atoms with Crippen molar-refractivity contribution in [2.24, 2.45) is 5.84 Å². The zero-order chi connectivity index (χ0) is 10.2. The summed E-state index contributed by atoms with van der Waals surface area (Å²) in [4.78, 5) is 4.07. The Kier molecular flexibility index (Phi) is 4.74. The largest absolute Gasteiger partial charge is 0.475 e.